The highest BCUT2D eigenvalue weighted by atomic mass is 16.5. The first-order valence-corrected chi connectivity index (χ1v) is 6.45. The number of carbonyl (C=O) groups is 1. The van der Waals surface area contributed by atoms with Crippen LogP contribution in [0.1, 0.15) is 40.0 Å². The van der Waals surface area contributed by atoms with Crippen LogP contribution in [0.3, 0.4) is 0 Å². The van der Waals surface area contributed by atoms with Crippen LogP contribution >= 0.6 is 0 Å². The van der Waals surface area contributed by atoms with Crippen LogP contribution in [0.25, 0.3) is 0 Å². The minimum absolute atomic E-state index is 0.0126. The third kappa shape index (κ3) is 5.04. The van der Waals surface area contributed by atoms with E-state index in [1.54, 1.807) is 0 Å². The first kappa shape index (κ1) is 14.5. The Morgan fingerprint density at radius 3 is 2.76 bits per heavy atom. The summed E-state index contributed by atoms with van der Waals surface area (Å²) in [6.45, 7) is 7.64. The second-order valence-electron chi connectivity index (χ2n) is 5.79. The zero-order chi connectivity index (χ0) is 12.9. The Bertz CT molecular complexity index is 253. The van der Waals surface area contributed by atoms with Crippen molar-refractivity contribution in [2.75, 3.05) is 19.8 Å². The van der Waals surface area contributed by atoms with E-state index in [1.807, 2.05) is 6.92 Å². The molecule has 1 fully saturated rings. The van der Waals surface area contributed by atoms with Gasteiger partial charge in [0.25, 0.3) is 0 Å². The minimum Gasteiger partial charge on any atom is -0.396 e. The van der Waals surface area contributed by atoms with Gasteiger partial charge >= 0.3 is 0 Å². The Morgan fingerprint density at radius 1 is 1.53 bits per heavy atom. The molecular weight excluding hydrogens is 218 g/mol. The highest BCUT2D eigenvalue weighted by Crippen LogP contribution is 2.22. The number of rotatable bonds is 6. The Hall–Kier alpha value is -0.610. The molecule has 1 aliphatic rings. The van der Waals surface area contributed by atoms with E-state index in [4.69, 9.17) is 9.84 Å². The normalized spacial score (nSPS) is 24.9. The summed E-state index contributed by atoms with van der Waals surface area (Å²) in [6.07, 6.45) is 2.73. The van der Waals surface area contributed by atoms with Crippen LogP contribution in [0.4, 0.5) is 0 Å². The van der Waals surface area contributed by atoms with Gasteiger partial charge in [-0.25, -0.2) is 0 Å². The first-order valence-electron chi connectivity index (χ1n) is 6.45. The van der Waals surface area contributed by atoms with Crippen LogP contribution in [0.5, 0.6) is 0 Å². The number of hydrogen-bond donors (Lipinski definition) is 2. The minimum atomic E-state index is 0.0126. The summed E-state index contributed by atoms with van der Waals surface area (Å²) in [5.41, 5.74) is 0.0451. The van der Waals surface area contributed by atoms with Gasteiger partial charge in [-0.05, 0) is 31.6 Å². The molecule has 0 bridgehead atoms. The lowest BCUT2D eigenvalue weighted by Crippen LogP contribution is -2.38. The molecule has 0 aromatic rings. The van der Waals surface area contributed by atoms with Gasteiger partial charge in [0.15, 0.2) is 0 Å². The maximum atomic E-state index is 11.9. The van der Waals surface area contributed by atoms with Crippen LogP contribution in [-0.4, -0.2) is 36.9 Å². The summed E-state index contributed by atoms with van der Waals surface area (Å²) < 4.78 is 5.39. The van der Waals surface area contributed by atoms with Crippen LogP contribution in [-0.2, 0) is 9.53 Å². The number of ether oxygens (including phenoxy) is 1. The molecule has 1 heterocycles. The Kier molecular flexibility index (Phi) is 5.40. The van der Waals surface area contributed by atoms with Gasteiger partial charge in [0.2, 0.25) is 5.91 Å². The van der Waals surface area contributed by atoms with E-state index >= 15 is 0 Å². The van der Waals surface area contributed by atoms with Crippen molar-refractivity contribution in [2.24, 2.45) is 11.3 Å². The highest BCUT2D eigenvalue weighted by Gasteiger charge is 2.29. The number of carbonyl (C=O) groups excluding carboxylic acids is 1. The third-order valence-electron chi connectivity index (χ3n) is 3.32. The van der Waals surface area contributed by atoms with Crippen molar-refractivity contribution in [2.45, 2.75) is 46.1 Å². The predicted molar refractivity (Wildman–Crippen MR) is 66.6 cm³/mol. The SMILES string of the molecule is CC1CC(C(=O)NCC(C)(C)CCCO)CO1. The highest BCUT2D eigenvalue weighted by molar-refractivity contribution is 5.79. The van der Waals surface area contributed by atoms with Gasteiger partial charge < -0.3 is 15.2 Å². The summed E-state index contributed by atoms with van der Waals surface area (Å²) in [6, 6.07) is 0. The average molecular weight is 243 g/mol. The largest absolute Gasteiger partial charge is 0.396 e. The second-order valence-corrected chi connectivity index (χ2v) is 5.79. The van der Waals surface area contributed by atoms with Crippen LogP contribution < -0.4 is 5.32 Å². The molecule has 1 amide bonds. The Balaban J connectivity index is 2.27. The summed E-state index contributed by atoms with van der Waals surface area (Å²) in [5, 5.41) is 11.8. The molecule has 0 aliphatic carbocycles. The van der Waals surface area contributed by atoms with Crippen LogP contribution in [0, 0.1) is 11.3 Å². The lowest BCUT2D eigenvalue weighted by molar-refractivity contribution is -0.125. The monoisotopic (exact) mass is 243 g/mol. The molecule has 1 rings (SSSR count). The summed E-state index contributed by atoms with van der Waals surface area (Å²) >= 11 is 0. The Morgan fingerprint density at radius 2 is 2.24 bits per heavy atom. The Labute approximate surface area is 104 Å². The van der Waals surface area contributed by atoms with E-state index in [0.717, 1.165) is 19.3 Å². The molecule has 4 nitrogen and oxygen atoms in total. The lowest BCUT2D eigenvalue weighted by Gasteiger charge is -2.25. The quantitative estimate of drug-likeness (QED) is 0.740. The van der Waals surface area contributed by atoms with E-state index in [0.29, 0.717) is 13.2 Å². The molecule has 2 unspecified atom stereocenters. The zero-order valence-electron chi connectivity index (χ0n) is 11.2. The molecule has 1 saturated heterocycles. The molecule has 0 saturated carbocycles. The predicted octanol–water partition coefficient (Wildman–Crippen LogP) is 1.33. The molecule has 0 aromatic heterocycles. The molecular formula is C13H25NO3. The van der Waals surface area contributed by atoms with E-state index in [2.05, 4.69) is 19.2 Å². The molecule has 0 spiro atoms. The molecule has 2 atom stereocenters. The van der Waals surface area contributed by atoms with Crippen molar-refractivity contribution in [3.05, 3.63) is 0 Å². The summed E-state index contributed by atoms with van der Waals surface area (Å²) in [5.74, 6) is 0.116. The van der Waals surface area contributed by atoms with E-state index < -0.39 is 0 Å². The van der Waals surface area contributed by atoms with Crippen molar-refractivity contribution in [1.29, 1.82) is 0 Å². The molecule has 0 radical (unpaired) electrons. The zero-order valence-corrected chi connectivity index (χ0v) is 11.2. The number of hydrogen-bond acceptors (Lipinski definition) is 3. The van der Waals surface area contributed by atoms with Crippen molar-refractivity contribution >= 4 is 5.91 Å². The second kappa shape index (κ2) is 6.36. The maximum absolute atomic E-state index is 11.9. The number of nitrogens with one attached hydrogen (secondary N) is 1. The fraction of sp³-hybridized carbons (Fsp3) is 0.923. The number of aliphatic hydroxyl groups excluding tert-OH is 1. The first-order chi connectivity index (χ1) is 7.94. The fourth-order valence-electron chi connectivity index (χ4n) is 2.12. The van der Waals surface area contributed by atoms with Gasteiger partial charge in [0.1, 0.15) is 0 Å². The standard InChI is InChI=1S/C13H25NO3/c1-10-7-11(8-17-10)12(16)14-9-13(2,3)5-4-6-15/h10-11,15H,4-9H2,1-3H3,(H,14,16). The van der Waals surface area contributed by atoms with Crippen molar-refractivity contribution in [3.63, 3.8) is 0 Å². The number of aliphatic hydroxyl groups is 1. The van der Waals surface area contributed by atoms with E-state index in [1.165, 1.54) is 0 Å². The van der Waals surface area contributed by atoms with E-state index in [9.17, 15) is 4.79 Å². The fourth-order valence-corrected chi connectivity index (χ4v) is 2.12. The van der Waals surface area contributed by atoms with Crippen LogP contribution in [0.2, 0.25) is 0 Å². The molecule has 2 N–H and O–H groups in total. The molecule has 4 heteroatoms. The molecule has 1 aliphatic heterocycles. The average Bonchev–Trinajstić information content (AvgIpc) is 2.70. The maximum Gasteiger partial charge on any atom is 0.225 e. The lowest BCUT2D eigenvalue weighted by atomic mass is 9.87. The van der Waals surface area contributed by atoms with Gasteiger partial charge in [0, 0.05) is 13.2 Å². The van der Waals surface area contributed by atoms with Gasteiger partial charge in [-0.2, -0.15) is 0 Å². The molecule has 0 aromatic carbocycles. The van der Waals surface area contributed by atoms with Gasteiger partial charge in [0.05, 0.1) is 18.6 Å². The van der Waals surface area contributed by atoms with Gasteiger partial charge in [-0.15, -0.1) is 0 Å². The topological polar surface area (TPSA) is 58.6 Å². The van der Waals surface area contributed by atoms with E-state index in [-0.39, 0.29) is 30.0 Å². The van der Waals surface area contributed by atoms with Gasteiger partial charge in [-0.1, -0.05) is 13.8 Å². The molecule has 17 heavy (non-hydrogen) atoms. The smallest absolute Gasteiger partial charge is 0.225 e. The summed E-state index contributed by atoms with van der Waals surface area (Å²) in [4.78, 5) is 11.9. The van der Waals surface area contributed by atoms with Crippen molar-refractivity contribution < 1.29 is 14.6 Å². The van der Waals surface area contributed by atoms with Crippen molar-refractivity contribution in [1.82, 2.24) is 5.32 Å². The summed E-state index contributed by atoms with van der Waals surface area (Å²) in [7, 11) is 0. The third-order valence-corrected chi connectivity index (χ3v) is 3.32. The molecule has 100 valence electrons. The number of amides is 1. The van der Waals surface area contributed by atoms with Crippen molar-refractivity contribution in [3.8, 4) is 0 Å². The van der Waals surface area contributed by atoms with Crippen LogP contribution in [0.15, 0.2) is 0 Å². The van der Waals surface area contributed by atoms with Gasteiger partial charge in [-0.3, -0.25) is 4.79 Å².